The molecule has 3 rings (SSSR count). The molecule has 1 aliphatic heterocycles. The number of nitrogens with zero attached hydrogens (tertiary/aromatic N) is 2. The largest absolute Gasteiger partial charge is 0.391 e. The van der Waals surface area contributed by atoms with Gasteiger partial charge in [0.15, 0.2) is 5.78 Å². The SMILES string of the molecule is CC(=O)c1ccc2nc(N3CCC(C(F)(F)F)CC3)ccc2c1. The molecule has 0 atom stereocenters. The molecule has 0 N–H and O–H groups in total. The highest BCUT2D eigenvalue weighted by atomic mass is 19.4. The monoisotopic (exact) mass is 322 g/mol. The number of piperidine rings is 1. The zero-order chi connectivity index (χ0) is 16.6. The molecule has 1 aromatic carbocycles. The topological polar surface area (TPSA) is 33.2 Å². The highest BCUT2D eigenvalue weighted by Crippen LogP contribution is 2.35. The van der Waals surface area contributed by atoms with Gasteiger partial charge < -0.3 is 4.90 Å². The Kier molecular flexibility index (Phi) is 4.00. The van der Waals surface area contributed by atoms with Crippen LogP contribution in [0.15, 0.2) is 30.3 Å². The van der Waals surface area contributed by atoms with Gasteiger partial charge in [-0.15, -0.1) is 0 Å². The number of aromatic nitrogens is 1. The molecule has 6 heteroatoms. The maximum atomic E-state index is 12.7. The Balaban J connectivity index is 1.79. The minimum absolute atomic E-state index is 0.00907. The second-order valence-corrected chi connectivity index (χ2v) is 5.94. The predicted molar refractivity (Wildman–Crippen MR) is 82.7 cm³/mol. The van der Waals surface area contributed by atoms with Gasteiger partial charge in [-0.25, -0.2) is 4.98 Å². The van der Waals surface area contributed by atoms with Crippen molar-refractivity contribution in [3.63, 3.8) is 0 Å². The van der Waals surface area contributed by atoms with Gasteiger partial charge in [-0.2, -0.15) is 13.2 Å². The van der Waals surface area contributed by atoms with Crippen LogP contribution in [0.5, 0.6) is 0 Å². The number of carbonyl (C=O) groups excluding carboxylic acids is 1. The third kappa shape index (κ3) is 3.30. The van der Waals surface area contributed by atoms with Gasteiger partial charge in [0.25, 0.3) is 0 Å². The van der Waals surface area contributed by atoms with Crippen LogP contribution in [0.1, 0.15) is 30.1 Å². The van der Waals surface area contributed by atoms with Gasteiger partial charge in [-0.1, -0.05) is 0 Å². The fourth-order valence-electron chi connectivity index (χ4n) is 2.95. The van der Waals surface area contributed by atoms with E-state index in [9.17, 15) is 18.0 Å². The van der Waals surface area contributed by atoms with Gasteiger partial charge in [-0.3, -0.25) is 4.79 Å². The van der Waals surface area contributed by atoms with E-state index in [0.29, 0.717) is 24.5 Å². The second kappa shape index (κ2) is 5.83. The average Bonchev–Trinajstić information content (AvgIpc) is 2.53. The number of hydrogen-bond acceptors (Lipinski definition) is 3. The number of ketones is 1. The third-order valence-corrected chi connectivity index (χ3v) is 4.36. The molecular weight excluding hydrogens is 305 g/mol. The second-order valence-electron chi connectivity index (χ2n) is 5.94. The maximum absolute atomic E-state index is 12.7. The van der Waals surface area contributed by atoms with E-state index in [1.165, 1.54) is 6.92 Å². The fourth-order valence-corrected chi connectivity index (χ4v) is 2.95. The molecular formula is C17H17F3N2O. The van der Waals surface area contributed by atoms with Crippen LogP contribution in [0.3, 0.4) is 0 Å². The lowest BCUT2D eigenvalue weighted by Gasteiger charge is -2.33. The van der Waals surface area contributed by atoms with Gasteiger partial charge in [0, 0.05) is 24.0 Å². The lowest BCUT2D eigenvalue weighted by Crippen LogP contribution is -2.39. The third-order valence-electron chi connectivity index (χ3n) is 4.36. The van der Waals surface area contributed by atoms with Crippen LogP contribution in [0.4, 0.5) is 19.0 Å². The fraction of sp³-hybridized carbons (Fsp3) is 0.412. The Hall–Kier alpha value is -2.11. The lowest BCUT2D eigenvalue weighted by atomic mass is 9.96. The van der Waals surface area contributed by atoms with Gasteiger partial charge in [0.1, 0.15) is 5.82 Å². The number of carbonyl (C=O) groups is 1. The van der Waals surface area contributed by atoms with E-state index in [2.05, 4.69) is 4.98 Å². The molecule has 0 amide bonds. The Morgan fingerprint density at radius 1 is 1.17 bits per heavy atom. The Labute approximate surface area is 132 Å². The molecule has 122 valence electrons. The first-order valence-electron chi connectivity index (χ1n) is 7.58. The summed E-state index contributed by atoms with van der Waals surface area (Å²) in [5.74, 6) is -0.531. The summed E-state index contributed by atoms with van der Waals surface area (Å²) in [6, 6.07) is 8.94. The molecule has 1 fully saturated rings. The van der Waals surface area contributed by atoms with Crippen LogP contribution in [0.2, 0.25) is 0 Å². The van der Waals surface area contributed by atoms with E-state index in [4.69, 9.17) is 0 Å². The quantitative estimate of drug-likeness (QED) is 0.776. The van der Waals surface area contributed by atoms with Crippen molar-refractivity contribution in [1.29, 1.82) is 0 Å². The van der Waals surface area contributed by atoms with Crippen LogP contribution in [0.25, 0.3) is 10.9 Å². The zero-order valence-corrected chi connectivity index (χ0v) is 12.7. The summed E-state index contributed by atoms with van der Waals surface area (Å²) in [5, 5.41) is 0.853. The minimum Gasteiger partial charge on any atom is -0.357 e. The van der Waals surface area contributed by atoms with Gasteiger partial charge >= 0.3 is 6.18 Å². The minimum atomic E-state index is -4.11. The molecule has 23 heavy (non-hydrogen) atoms. The van der Waals surface area contributed by atoms with E-state index >= 15 is 0 Å². The molecule has 1 aliphatic rings. The molecule has 2 heterocycles. The van der Waals surface area contributed by atoms with E-state index in [0.717, 1.165) is 10.9 Å². The summed E-state index contributed by atoms with van der Waals surface area (Å²) >= 11 is 0. The first-order valence-corrected chi connectivity index (χ1v) is 7.58. The highest BCUT2D eigenvalue weighted by molar-refractivity contribution is 5.98. The van der Waals surface area contributed by atoms with Crippen molar-refractivity contribution in [2.24, 2.45) is 5.92 Å². The first-order chi connectivity index (χ1) is 10.8. The summed E-state index contributed by atoms with van der Waals surface area (Å²) < 4.78 is 38.2. The number of Topliss-reactive ketones (excluding diaryl/α,β-unsaturated/α-hetero) is 1. The number of anilines is 1. The molecule has 1 aromatic heterocycles. The van der Waals surface area contributed by atoms with E-state index in [-0.39, 0.29) is 18.6 Å². The summed E-state index contributed by atoms with van der Waals surface area (Å²) in [4.78, 5) is 17.8. The molecule has 3 nitrogen and oxygen atoms in total. The molecule has 0 spiro atoms. The van der Waals surface area contributed by atoms with E-state index < -0.39 is 12.1 Å². The lowest BCUT2D eigenvalue weighted by molar-refractivity contribution is -0.179. The summed E-state index contributed by atoms with van der Waals surface area (Å²) in [7, 11) is 0. The summed E-state index contributed by atoms with van der Waals surface area (Å²) in [5.41, 5.74) is 1.36. The number of alkyl halides is 3. The standard InChI is InChI=1S/C17H17F3N2O/c1-11(23)12-2-4-15-13(10-12)3-5-16(21-15)22-8-6-14(7-9-22)17(18,19)20/h2-5,10,14H,6-9H2,1H3. The van der Waals surface area contributed by atoms with Crippen LogP contribution in [-0.4, -0.2) is 30.0 Å². The predicted octanol–water partition coefficient (Wildman–Crippen LogP) is 4.22. The first kappa shape index (κ1) is 15.8. The molecule has 0 aliphatic carbocycles. The highest BCUT2D eigenvalue weighted by Gasteiger charge is 2.41. The van der Waals surface area contributed by atoms with Crippen molar-refractivity contribution in [2.45, 2.75) is 25.9 Å². The van der Waals surface area contributed by atoms with Crippen molar-refractivity contribution < 1.29 is 18.0 Å². The number of hydrogen-bond donors (Lipinski definition) is 0. The Morgan fingerprint density at radius 2 is 1.87 bits per heavy atom. The van der Waals surface area contributed by atoms with E-state index in [1.54, 1.807) is 24.3 Å². The number of fused-ring (bicyclic) bond motifs is 1. The van der Waals surface area contributed by atoms with Crippen molar-refractivity contribution in [2.75, 3.05) is 18.0 Å². The van der Waals surface area contributed by atoms with Crippen molar-refractivity contribution in [3.05, 3.63) is 35.9 Å². The molecule has 0 saturated carbocycles. The van der Waals surface area contributed by atoms with Gasteiger partial charge in [0.05, 0.1) is 11.4 Å². The Morgan fingerprint density at radius 3 is 2.48 bits per heavy atom. The van der Waals surface area contributed by atoms with Crippen molar-refractivity contribution in [3.8, 4) is 0 Å². The van der Waals surface area contributed by atoms with Crippen LogP contribution in [0, 0.1) is 5.92 Å². The molecule has 0 unspecified atom stereocenters. The maximum Gasteiger partial charge on any atom is 0.391 e. The number of halogens is 3. The number of pyridine rings is 1. The van der Waals surface area contributed by atoms with Gasteiger partial charge in [0.2, 0.25) is 0 Å². The van der Waals surface area contributed by atoms with Gasteiger partial charge in [-0.05, 0) is 50.1 Å². The van der Waals surface area contributed by atoms with E-state index in [1.807, 2.05) is 11.0 Å². The number of benzene rings is 1. The molecule has 0 bridgehead atoms. The zero-order valence-electron chi connectivity index (χ0n) is 12.7. The smallest absolute Gasteiger partial charge is 0.357 e. The Bertz CT molecular complexity index is 734. The summed E-state index contributed by atoms with van der Waals surface area (Å²) in [6.45, 7) is 2.22. The number of rotatable bonds is 2. The van der Waals surface area contributed by atoms with Crippen LogP contribution in [-0.2, 0) is 0 Å². The van der Waals surface area contributed by atoms with Crippen LogP contribution >= 0.6 is 0 Å². The normalized spacial score (nSPS) is 16.8. The summed E-state index contributed by atoms with van der Waals surface area (Å²) in [6.07, 6.45) is -3.90. The molecule has 2 aromatic rings. The average molecular weight is 322 g/mol. The molecule has 0 radical (unpaired) electrons. The van der Waals surface area contributed by atoms with Crippen molar-refractivity contribution in [1.82, 2.24) is 4.98 Å². The van der Waals surface area contributed by atoms with Crippen molar-refractivity contribution >= 4 is 22.5 Å². The molecule has 1 saturated heterocycles. The van der Waals surface area contributed by atoms with Crippen LogP contribution < -0.4 is 4.90 Å².